The summed E-state index contributed by atoms with van der Waals surface area (Å²) in [5.41, 5.74) is 0.915. The van der Waals surface area contributed by atoms with E-state index in [1.165, 1.54) is 5.56 Å². The molecule has 88 valence electrons. The Morgan fingerprint density at radius 2 is 1.56 bits per heavy atom. The number of Topliss-reactive ketones (excluding diaryl/α,β-unsaturated/α-hetero) is 1. The lowest BCUT2D eigenvalue weighted by Crippen LogP contribution is -2.41. The van der Waals surface area contributed by atoms with Crippen molar-refractivity contribution in [1.29, 1.82) is 0 Å². The highest BCUT2D eigenvalue weighted by Gasteiger charge is 2.41. The van der Waals surface area contributed by atoms with Crippen LogP contribution in [-0.2, 0) is 11.2 Å². The minimum Gasteiger partial charge on any atom is -0.299 e. The van der Waals surface area contributed by atoms with Crippen molar-refractivity contribution in [3.8, 4) is 0 Å². The van der Waals surface area contributed by atoms with Gasteiger partial charge in [0.1, 0.15) is 5.78 Å². The summed E-state index contributed by atoms with van der Waals surface area (Å²) in [6.45, 7) is 10.2. The van der Waals surface area contributed by atoms with E-state index in [9.17, 15) is 4.79 Å². The lowest BCUT2D eigenvalue weighted by atomic mass is 9.63. The second kappa shape index (κ2) is 4.40. The number of carbonyl (C=O) groups excluding carboxylic acids is 1. The van der Waals surface area contributed by atoms with Crippen LogP contribution in [0, 0.1) is 10.8 Å². The third kappa shape index (κ3) is 2.52. The van der Waals surface area contributed by atoms with Crippen LogP contribution >= 0.6 is 0 Å². The molecule has 0 aromatic heterocycles. The fourth-order valence-corrected chi connectivity index (χ4v) is 1.92. The zero-order valence-corrected chi connectivity index (χ0v) is 11.0. The highest BCUT2D eigenvalue weighted by molar-refractivity contribution is 5.83. The van der Waals surface area contributed by atoms with Gasteiger partial charge in [-0.25, -0.2) is 0 Å². The molecule has 0 heterocycles. The first-order valence-corrected chi connectivity index (χ1v) is 5.82. The molecule has 0 aliphatic rings. The largest absolute Gasteiger partial charge is 0.299 e. The van der Waals surface area contributed by atoms with Crippen LogP contribution < -0.4 is 0 Å². The van der Waals surface area contributed by atoms with Crippen molar-refractivity contribution < 1.29 is 4.79 Å². The molecule has 0 aliphatic carbocycles. The monoisotopic (exact) mass is 218 g/mol. The Morgan fingerprint density at radius 1 is 1.06 bits per heavy atom. The fraction of sp³-hybridized carbons (Fsp3) is 0.533. The van der Waals surface area contributed by atoms with Gasteiger partial charge in [-0.1, -0.05) is 58.0 Å². The number of benzene rings is 1. The molecule has 1 rings (SSSR count). The summed E-state index contributed by atoms with van der Waals surface area (Å²) in [6, 6.07) is 10.2. The Bertz CT molecular complexity index is 359. The molecule has 0 saturated carbocycles. The summed E-state index contributed by atoms with van der Waals surface area (Å²) in [4.78, 5) is 11.9. The van der Waals surface area contributed by atoms with Crippen LogP contribution in [0.15, 0.2) is 30.3 Å². The third-order valence-electron chi connectivity index (χ3n) is 3.83. The normalized spacial score (nSPS) is 15.6. The maximum atomic E-state index is 11.9. The van der Waals surface area contributed by atoms with Crippen LogP contribution in [0.5, 0.6) is 0 Å². The topological polar surface area (TPSA) is 17.1 Å². The lowest BCUT2D eigenvalue weighted by molar-refractivity contribution is -0.131. The summed E-state index contributed by atoms with van der Waals surface area (Å²) in [7, 11) is 0. The highest BCUT2D eigenvalue weighted by atomic mass is 16.1. The van der Waals surface area contributed by atoms with E-state index in [2.05, 4.69) is 39.8 Å². The smallest absolute Gasteiger partial charge is 0.136 e. The van der Waals surface area contributed by atoms with Gasteiger partial charge < -0.3 is 0 Å². The Morgan fingerprint density at radius 3 is 1.94 bits per heavy atom. The average molecular weight is 218 g/mol. The van der Waals surface area contributed by atoms with Gasteiger partial charge in [-0.05, 0) is 24.3 Å². The molecular weight excluding hydrogens is 196 g/mol. The molecule has 1 unspecified atom stereocenters. The zero-order valence-electron chi connectivity index (χ0n) is 11.0. The van der Waals surface area contributed by atoms with E-state index in [-0.39, 0.29) is 16.6 Å². The molecule has 0 N–H and O–H groups in total. The molecule has 0 fully saturated rings. The number of hydrogen-bond acceptors (Lipinski definition) is 1. The SMILES string of the molecule is CC(=O)C(C)(Cc1ccccc1)C(C)(C)C. The van der Waals surface area contributed by atoms with Crippen molar-refractivity contribution in [2.45, 2.75) is 41.0 Å². The van der Waals surface area contributed by atoms with Crippen LogP contribution in [0.1, 0.15) is 40.2 Å². The van der Waals surface area contributed by atoms with E-state index in [4.69, 9.17) is 0 Å². The zero-order chi connectivity index (χ0) is 12.4. The van der Waals surface area contributed by atoms with Gasteiger partial charge in [0.05, 0.1) is 0 Å². The molecule has 0 saturated heterocycles. The number of rotatable bonds is 3. The molecule has 0 amide bonds. The van der Waals surface area contributed by atoms with Crippen LogP contribution in [0.3, 0.4) is 0 Å². The second-order valence-electron chi connectivity index (χ2n) is 5.80. The quantitative estimate of drug-likeness (QED) is 0.752. The Labute approximate surface area is 98.9 Å². The van der Waals surface area contributed by atoms with Crippen molar-refractivity contribution in [2.75, 3.05) is 0 Å². The molecule has 0 radical (unpaired) electrons. The maximum Gasteiger partial charge on any atom is 0.136 e. The summed E-state index contributed by atoms with van der Waals surface area (Å²) >= 11 is 0. The van der Waals surface area contributed by atoms with Gasteiger partial charge in [0.15, 0.2) is 0 Å². The molecule has 16 heavy (non-hydrogen) atoms. The van der Waals surface area contributed by atoms with Crippen molar-refractivity contribution in [3.63, 3.8) is 0 Å². The second-order valence-corrected chi connectivity index (χ2v) is 5.80. The Kier molecular flexibility index (Phi) is 3.57. The molecule has 1 nitrogen and oxygen atoms in total. The molecule has 1 heteroatoms. The fourth-order valence-electron chi connectivity index (χ4n) is 1.92. The summed E-state index contributed by atoms with van der Waals surface area (Å²) in [6.07, 6.45) is 0.812. The van der Waals surface area contributed by atoms with E-state index >= 15 is 0 Å². The first-order valence-electron chi connectivity index (χ1n) is 5.82. The highest BCUT2D eigenvalue weighted by Crippen LogP contribution is 2.41. The van der Waals surface area contributed by atoms with Crippen molar-refractivity contribution in [3.05, 3.63) is 35.9 Å². The van der Waals surface area contributed by atoms with Gasteiger partial charge in [-0.15, -0.1) is 0 Å². The van der Waals surface area contributed by atoms with Gasteiger partial charge in [0.25, 0.3) is 0 Å². The molecule has 1 aromatic rings. The van der Waals surface area contributed by atoms with Crippen LogP contribution in [0.4, 0.5) is 0 Å². The first kappa shape index (κ1) is 13.0. The Balaban J connectivity index is 3.03. The van der Waals surface area contributed by atoms with Gasteiger partial charge >= 0.3 is 0 Å². The van der Waals surface area contributed by atoms with Gasteiger partial charge in [0, 0.05) is 5.41 Å². The first-order chi connectivity index (χ1) is 7.27. The van der Waals surface area contributed by atoms with E-state index in [0.29, 0.717) is 0 Å². The van der Waals surface area contributed by atoms with E-state index in [0.717, 1.165) is 6.42 Å². The predicted octanol–water partition coefficient (Wildman–Crippen LogP) is 3.87. The summed E-state index contributed by atoms with van der Waals surface area (Å²) in [5.74, 6) is 0.267. The van der Waals surface area contributed by atoms with Crippen molar-refractivity contribution >= 4 is 5.78 Å². The average Bonchev–Trinajstić information content (AvgIpc) is 2.17. The molecule has 1 atom stereocenters. The third-order valence-corrected chi connectivity index (χ3v) is 3.83. The summed E-state index contributed by atoms with van der Waals surface area (Å²) in [5, 5.41) is 0. The van der Waals surface area contributed by atoms with Crippen LogP contribution in [-0.4, -0.2) is 5.78 Å². The maximum absolute atomic E-state index is 11.9. The van der Waals surface area contributed by atoms with E-state index in [1.807, 2.05) is 18.2 Å². The van der Waals surface area contributed by atoms with Crippen molar-refractivity contribution in [2.24, 2.45) is 10.8 Å². The molecule has 0 bridgehead atoms. The predicted molar refractivity (Wildman–Crippen MR) is 68.4 cm³/mol. The van der Waals surface area contributed by atoms with Crippen molar-refractivity contribution in [1.82, 2.24) is 0 Å². The molecule has 1 aromatic carbocycles. The number of hydrogen-bond donors (Lipinski definition) is 0. The minimum absolute atomic E-state index is 0.0192. The van der Waals surface area contributed by atoms with Gasteiger partial charge in [0.2, 0.25) is 0 Å². The van der Waals surface area contributed by atoms with Crippen LogP contribution in [0.25, 0.3) is 0 Å². The molecule has 0 aliphatic heterocycles. The Hall–Kier alpha value is -1.11. The van der Waals surface area contributed by atoms with Gasteiger partial charge in [-0.3, -0.25) is 4.79 Å². The molecular formula is C15H22O. The standard InChI is InChI=1S/C15H22O/c1-12(16)15(5,14(2,3)4)11-13-9-7-6-8-10-13/h6-10H,11H2,1-5H3. The number of ketones is 1. The molecule has 0 spiro atoms. The van der Waals surface area contributed by atoms with Crippen LogP contribution in [0.2, 0.25) is 0 Å². The number of carbonyl (C=O) groups is 1. The lowest BCUT2D eigenvalue weighted by Gasteiger charge is -2.40. The minimum atomic E-state index is -0.297. The van der Waals surface area contributed by atoms with E-state index < -0.39 is 0 Å². The van der Waals surface area contributed by atoms with E-state index in [1.54, 1.807) is 6.92 Å². The summed E-state index contributed by atoms with van der Waals surface area (Å²) < 4.78 is 0. The van der Waals surface area contributed by atoms with Gasteiger partial charge in [-0.2, -0.15) is 0 Å².